The number of hydrogen-bond donors (Lipinski definition) is 2. The van der Waals surface area contributed by atoms with E-state index in [1.54, 1.807) is 79.9 Å². The summed E-state index contributed by atoms with van der Waals surface area (Å²) in [6, 6.07) is 30.2. The minimum absolute atomic E-state index is 0.0115. The molecule has 0 aliphatic heterocycles. The Kier molecular flexibility index (Phi) is 10.3. The monoisotopic (exact) mass is 566 g/mol. The molecule has 4 aromatic carbocycles. The van der Waals surface area contributed by atoms with Crippen molar-refractivity contribution < 1.29 is 23.9 Å². The quantitative estimate of drug-likeness (QED) is 0.116. The van der Waals surface area contributed by atoms with Crippen molar-refractivity contribution in [3.8, 4) is 11.5 Å². The van der Waals surface area contributed by atoms with Crippen LogP contribution in [0.15, 0.2) is 114 Å². The fourth-order valence-electron chi connectivity index (χ4n) is 3.85. The molecule has 4 aromatic rings. The van der Waals surface area contributed by atoms with Gasteiger partial charge in [-0.05, 0) is 67.6 Å². The van der Waals surface area contributed by atoms with Crippen LogP contribution >= 0.6 is 11.8 Å². The predicted octanol–water partition coefficient (Wildman–Crippen LogP) is 6.48. The number of hydrogen-bond acceptors (Lipinski definition) is 6. The van der Waals surface area contributed by atoms with Crippen LogP contribution in [0, 0.1) is 0 Å². The maximum atomic E-state index is 13.4. The molecule has 0 heterocycles. The lowest BCUT2D eigenvalue weighted by atomic mass is 10.1. The van der Waals surface area contributed by atoms with Gasteiger partial charge >= 0.3 is 0 Å². The van der Waals surface area contributed by atoms with Gasteiger partial charge in [0.25, 0.3) is 11.8 Å². The molecule has 0 unspecified atom stereocenters. The average molecular weight is 567 g/mol. The first kappa shape index (κ1) is 29.2. The Hall–Kier alpha value is -4.82. The normalized spacial score (nSPS) is 10.9. The number of ether oxygens (including phenoxy) is 2. The first-order chi connectivity index (χ1) is 20.0. The van der Waals surface area contributed by atoms with E-state index in [9.17, 15) is 14.4 Å². The Bertz CT molecular complexity index is 1540. The average Bonchev–Trinajstić information content (AvgIpc) is 3.01. The van der Waals surface area contributed by atoms with Gasteiger partial charge in [-0.2, -0.15) is 0 Å². The fraction of sp³-hybridized carbons (Fsp3) is 0.121. The summed E-state index contributed by atoms with van der Waals surface area (Å²) in [5, 5.41) is 5.59. The van der Waals surface area contributed by atoms with Gasteiger partial charge in [0.15, 0.2) is 5.78 Å². The summed E-state index contributed by atoms with van der Waals surface area (Å²) in [7, 11) is 1.56. The molecule has 41 heavy (non-hydrogen) atoms. The lowest BCUT2D eigenvalue weighted by Gasteiger charge is -2.13. The predicted molar refractivity (Wildman–Crippen MR) is 163 cm³/mol. The fourth-order valence-corrected chi connectivity index (χ4v) is 4.64. The van der Waals surface area contributed by atoms with E-state index >= 15 is 0 Å². The van der Waals surface area contributed by atoms with Gasteiger partial charge in [0.2, 0.25) is 0 Å². The number of benzene rings is 4. The maximum Gasteiger partial charge on any atom is 0.272 e. The van der Waals surface area contributed by atoms with E-state index in [1.807, 2.05) is 43.3 Å². The van der Waals surface area contributed by atoms with Crippen LogP contribution in [-0.2, 0) is 4.79 Å². The summed E-state index contributed by atoms with van der Waals surface area (Å²) < 4.78 is 10.9. The molecule has 2 amide bonds. The van der Waals surface area contributed by atoms with Crippen LogP contribution in [0.5, 0.6) is 11.5 Å². The minimum atomic E-state index is -0.491. The second-order valence-corrected chi connectivity index (χ2v) is 9.82. The van der Waals surface area contributed by atoms with Crippen molar-refractivity contribution in [3.63, 3.8) is 0 Å². The van der Waals surface area contributed by atoms with Gasteiger partial charge in [-0.25, -0.2) is 0 Å². The van der Waals surface area contributed by atoms with E-state index in [4.69, 9.17) is 9.47 Å². The summed E-state index contributed by atoms with van der Waals surface area (Å²) in [6.07, 6.45) is 1.59. The molecule has 7 nitrogen and oxygen atoms in total. The molecule has 208 valence electrons. The Balaban J connectivity index is 1.47. The van der Waals surface area contributed by atoms with E-state index in [2.05, 4.69) is 10.6 Å². The Morgan fingerprint density at radius 3 is 2.27 bits per heavy atom. The number of thioether (sulfide) groups is 1. The molecule has 2 N–H and O–H groups in total. The molecule has 0 spiro atoms. The Morgan fingerprint density at radius 2 is 1.54 bits per heavy atom. The SMILES string of the molecule is CCOc1ccccc1/C=C(\NC(=O)c1ccccc1)C(=O)Nc1ccc(SCC(=O)c2cccc(OC)c2)cc1. The number of amides is 2. The third kappa shape index (κ3) is 8.33. The Morgan fingerprint density at radius 1 is 0.829 bits per heavy atom. The van der Waals surface area contributed by atoms with Crippen molar-refractivity contribution in [2.75, 3.05) is 24.8 Å². The largest absolute Gasteiger partial charge is 0.497 e. The summed E-state index contributed by atoms with van der Waals surface area (Å²) in [4.78, 5) is 39.8. The van der Waals surface area contributed by atoms with Crippen LogP contribution in [0.3, 0.4) is 0 Å². The standard InChI is InChI=1S/C33H30N2O5S/c1-3-40-31-15-8-7-12-25(31)21-29(35-32(37)23-10-5-4-6-11-23)33(38)34-26-16-18-28(19-17-26)41-22-30(36)24-13-9-14-27(20-24)39-2/h4-21H,3,22H2,1-2H3,(H,34,38)(H,35,37)/b29-21-. The van der Waals surface area contributed by atoms with Crippen molar-refractivity contribution >= 4 is 41.1 Å². The second kappa shape index (κ2) is 14.5. The highest BCUT2D eigenvalue weighted by atomic mass is 32.2. The van der Waals surface area contributed by atoms with Gasteiger partial charge in [-0.1, -0.05) is 48.5 Å². The molecule has 8 heteroatoms. The second-order valence-electron chi connectivity index (χ2n) is 8.77. The van der Waals surface area contributed by atoms with Gasteiger partial charge in [-0.15, -0.1) is 11.8 Å². The molecule has 0 fully saturated rings. The number of methoxy groups -OCH3 is 1. The van der Waals surface area contributed by atoms with Gasteiger partial charge in [0, 0.05) is 27.3 Å². The van der Waals surface area contributed by atoms with E-state index in [0.29, 0.717) is 40.5 Å². The molecule has 0 aromatic heterocycles. The number of Topliss-reactive ketones (excluding diaryl/α,β-unsaturated/α-hetero) is 1. The van der Waals surface area contributed by atoms with Gasteiger partial charge in [0.05, 0.1) is 19.5 Å². The lowest BCUT2D eigenvalue weighted by Crippen LogP contribution is -2.30. The zero-order valence-electron chi connectivity index (χ0n) is 22.8. The summed E-state index contributed by atoms with van der Waals surface area (Å²) in [6.45, 7) is 2.33. The third-order valence-electron chi connectivity index (χ3n) is 5.92. The number of ketones is 1. The minimum Gasteiger partial charge on any atom is -0.497 e. The number of carbonyl (C=O) groups excluding carboxylic acids is 3. The highest BCUT2D eigenvalue weighted by Crippen LogP contribution is 2.24. The third-order valence-corrected chi connectivity index (χ3v) is 6.93. The van der Waals surface area contributed by atoms with E-state index < -0.39 is 11.8 Å². The molecule has 0 atom stereocenters. The molecule has 0 aliphatic rings. The van der Waals surface area contributed by atoms with Gasteiger partial charge in [-0.3, -0.25) is 14.4 Å². The topological polar surface area (TPSA) is 93.7 Å². The maximum absolute atomic E-state index is 13.4. The molecule has 4 rings (SSSR count). The van der Waals surface area contributed by atoms with E-state index in [0.717, 1.165) is 4.90 Å². The zero-order valence-corrected chi connectivity index (χ0v) is 23.6. The number of nitrogens with one attached hydrogen (secondary N) is 2. The van der Waals surface area contributed by atoms with Crippen molar-refractivity contribution in [1.82, 2.24) is 5.32 Å². The van der Waals surface area contributed by atoms with Crippen molar-refractivity contribution in [3.05, 3.63) is 126 Å². The van der Waals surface area contributed by atoms with E-state index in [-0.39, 0.29) is 17.2 Å². The van der Waals surface area contributed by atoms with Crippen molar-refractivity contribution in [2.45, 2.75) is 11.8 Å². The van der Waals surface area contributed by atoms with Crippen LogP contribution < -0.4 is 20.1 Å². The first-order valence-electron chi connectivity index (χ1n) is 13.0. The summed E-state index contributed by atoms with van der Waals surface area (Å²) in [5.41, 5.74) is 2.27. The zero-order chi connectivity index (χ0) is 29.0. The smallest absolute Gasteiger partial charge is 0.272 e. The number of rotatable bonds is 12. The van der Waals surface area contributed by atoms with Crippen LogP contribution in [0.4, 0.5) is 5.69 Å². The molecule has 0 saturated carbocycles. The highest BCUT2D eigenvalue weighted by molar-refractivity contribution is 8.00. The van der Waals surface area contributed by atoms with Crippen LogP contribution in [0.1, 0.15) is 33.2 Å². The molecule has 0 aliphatic carbocycles. The highest BCUT2D eigenvalue weighted by Gasteiger charge is 2.16. The van der Waals surface area contributed by atoms with Gasteiger partial charge in [0.1, 0.15) is 17.2 Å². The van der Waals surface area contributed by atoms with E-state index in [1.165, 1.54) is 11.8 Å². The van der Waals surface area contributed by atoms with Crippen LogP contribution in [-0.4, -0.2) is 37.1 Å². The van der Waals surface area contributed by atoms with Crippen molar-refractivity contribution in [1.29, 1.82) is 0 Å². The summed E-state index contributed by atoms with van der Waals surface area (Å²) >= 11 is 1.40. The molecule has 0 bridgehead atoms. The number of para-hydroxylation sites is 1. The molecular weight excluding hydrogens is 536 g/mol. The Labute approximate surface area is 243 Å². The molecule has 0 saturated heterocycles. The van der Waals surface area contributed by atoms with Gasteiger partial charge < -0.3 is 20.1 Å². The number of carbonyl (C=O) groups is 3. The lowest BCUT2D eigenvalue weighted by molar-refractivity contribution is -0.113. The van der Waals surface area contributed by atoms with Crippen LogP contribution in [0.2, 0.25) is 0 Å². The molecular formula is C33H30N2O5S. The summed E-state index contributed by atoms with van der Waals surface area (Å²) in [5.74, 6) is 0.580. The number of anilines is 1. The van der Waals surface area contributed by atoms with Crippen LogP contribution in [0.25, 0.3) is 6.08 Å². The molecule has 0 radical (unpaired) electrons. The first-order valence-corrected chi connectivity index (χ1v) is 14.0. The van der Waals surface area contributed by atoms with Crippen molar-refractivity contribution in [2.24, 2.45) is 0 Å².